The van der Waals surface area contributed by atoms with Gasteiger partial charge in [-0.15, -0.1) is 0 Å². The summed E-state index contributed by atoms with van der Waals surface area (Å²) in [5.74, 6) is -0.577. The van der Waals surface area contributed by atoms with Crippen LogP contribution in [0.3, 0.4) is 0 Å². The molecule has 53 heavy (non-hydrogen) atoms. The van der Waals surface area contributed by atoms with Gasteiger partial charge in [0, 0.05) is 12.8 Å². The van der Waals surface area contributed by atoms with E-state index >= 15 is 0 Å². The van der Waals surface area contributed by atoms with Crippen molar-refractivity contribution >= 4 is 17.8 Å². The summed E-state index contributed by atoms with van der Waals surface area (Å²) in [4.78, 5) is 40.1. The monoisotopic (exact) mass is 750 g/mol. The Balaban J connectivity index is 4.08. The van der Waals surface area contributed by atoms with E-state index in [0.717, 1.165) is 56.3 Å². The fourth-order valence-corrected chi connectivity index (χ4v) is 6.37. The Morgan fingerprint density at radius 2 is 0.868 bits per heavy atom. The van der Waals surface area contributed by atoms with Gasteiger partial charge in [-0.1, -0.05) is 141 Å². The zero-order valence-corrected chi connectivity index (χ0v) is 35.0. The number of nitrogens with one attached hydrogen (secondary N) is 1. The van der Waals surface area contributed by atoms with E-state index in [2.05, 4.69) is 38.2 Å². The lowest BCUT2D eigenvalue weighted by Crippen LogP contribution is -3.10. The van der Waals surface area contributed by atoms with Crippen LogP contribution in [0.4, 0.5) is 0 Å². The molecule has 0 heterocycles. The normalized spacial score (nSPS) is 12.2. The van der Waals surface area contributed by atoms with Crippen LogP contribution < -0.4 is 4.90 Å². The second-order valence-corrected chi connectivity index (χ2v) is 15.1. The molecule has 0 aromatic carbocycles. The van der Waals surface area contributed by atoms with Crippen molar-refractivity contribution in [1.29, 1.82) is 0 Å². The number of hydrogen-bond acceptors (Lipinski definition) is 6. The molecule has 0 aliphatic rings. The molecule has 0 saturated heterocycles. The van der Waals surface area contributed by atoms with E-state index in [9.17, 15) is 19.5 Å². The van der Waals surface area contributed by atoms with Gasteiger partial charge in [-0.3, -0.25) is 14.4 Å². The van der Waals surface area contributed by atoms with E-state index in [0.29, 0.717) is 19.4 Å². The number of allylic oxidation sites excluding steroid dienone is 4. The molecule has 8 nitrogen and oxygen atoms in total. The molecule has 0 bridgehead atoms. The fraction of sp³-hybridized carbons (Fsp3) is 0.844. The van der Waals surface area contributed by atoms with Crippen LogP contribution in [0.5, 0.6) is 0 Å². The summed E-state index contributed by atoms with van der Waals surface area (Å²) in [5, 5.41) is 9.24. The maximum absolute atomic E-state index is 13.0. The molecule has 0 spiro atoms. The number of amides is 1. The third-order valence-corrected chi connectivity index (χ3v) is 9.88. The first-order chi connectivity index (χ1) is 25.9. The molecule has 0 rings (SSSR count). The number of aliphatic hydroxyl groups excluding tert-OH is 1. The Bertz CT molecular complexity index is 834. The third-order valence-electron chi connectivity index (χ3n) is 9.88. The highest BCUT2D eigenvalue weighted by Gasteiger charge is 2.19. The van der Waals surface area contributed by atoms with Crippen LogP contribution in [-0.2, 0) is 23.9 Å². The summed E-state index contributed by atoms with van der Waals surface area (Å²) in [7, 11) is 1.86. The minimum absolute atomic E-state index is 0.00104. The lowest BCUT2D eigenvalue weighted by Gasteiger charge is -2.23. The van der Waals surface area contributed by atoms with Crippen molar-refractivity contribution in [3.05, 3.63) is 24.3 Å². The molecule has 0 radical (unpaired) electrons. The summed E-state index contributed by atoms with van der Waals surface area (Å²) in [6.45, 7) is 5.96. The van der Waals surface area contributed by atoms with Crippen molar-refractivity contribution in [1.82, 2.24) is 4.90 Å². The number of hydrogen-bond donors (Lipinski definition) is 2. The number of ether oxygens (including phenoxy) is 2. The molecule has 1 unspecified atom stereocenters. The van der Waals surface area contributed by atoms with E-state index in [-0.39, 0.29) is 57.3 Å². The van der Waals surface area contributed by atoms with Gasteiger partial charge in [-0.05, 0) is 64.2 Å². The molecule has 0 saturated carbocycles. The van der Waals surface area contributed by atoms with E-state index in [1.54, 1.807) is 4.90 Å². The van der Waals surface area contributed by atoms with Crippen LogP contribution in [0.1, 0.15) is 194 Å². The van der Waals surface area contributed by atoms with Gasteiger partial charge in [0.05, 0.1) is 26.7 Å². The van der Waals surface area contributed by atoms with Gasteiger partial charge in [0.25, 0.3) is 5.91 Å². The fourth-order valence-electron chi connectivity index (χ4n) is 6.37. The quantitative estimate of drug-likeness (QED) is 0.0368. The molecule has 1 atom stereocenters. The standard InChI is InChI=1S/C45H84N2O6/c1-4-6-8-10-12-14-16-18-20-22-24-26-28-30-32-34-44(50)52-40-37-47(43(49)42-46(3)36-39-48)38-41-53-45(51)35-33-31-29-27-25-23-21-19-17-15-13-11-9-7-5-2/h18-21,48H,4-17,22-42H2,1-3H3/p+1/b20-18-,21-19-. The topological polar surface area (TPSA) is 97.6 Å². The van der Waals surface area contributed by atoms with Crippen LogP contribution in [0, 0.1) is 0 Å². The summed E-state index contributed by atoms with van der Waals surface area (Å²) >= 11 is 0. The van der Waals surface area contributed by atoms with Crippen molar-refractivity contribution in [3.8, 4) is 0 Å². The van der Waals surface area contributed by atoms with Gasteiger partial charge in [-0.25, -0.2) is 0 Å². The number of rotatable bonds is 40. The average molecular weight is 750 g/mol. The Hall–Kier alpha value is -2.19. The molecule has 8 heteroatoms. The van der Waals surface area contributed by atoms with E-state index in [1.165, 1.54) is 116 Å². The highest BCUT2D eigenvalue weighted by molar-refractivity contribution is 5.77. The smallest absolute Gasteiger partial charge is 0.305 e. The van der Waals surface area contributed by atoms with Crippen LogP contribution in [0.25, 0.3) is 0 Å². The van der Waals surface area contributed by atoms with Gasteiger partial charge in [0.1, 0.15) is 19.8 Å². The Labute approximate surface area is 326 Å². The molecule has 0 aromatic rings. The first-order valence-electron chi connectivity index (χ1n) is 22.3. The van der Waals surface area contributed by atoms with Crippen molar-refractivity contribution < 1.29 is 33.9 Å². The van der Waals surface area contributed by atoms with E-state index < -0.39 is 0 Å². The zero-order valence-electron chi connectivity index (χ0n) is 35.0. The maximum atomic E-state index is 13.0. The molecule has 1 amide bonds. The van der Waals surface area contributed by atoms with E-state index in [4.69, 9.17) is 9.47 Å². The number of quaternary nitrogens is 1. The number of likely N-dealkylation sites (N-methyl/N-ethyl adjacent to an activating group) is 1. The summed E-state index contributed by atoms with van der Waals surface area (Å²) in [6.07, 6.45) is 41.6. The average Bonchev–Trinajstić information content (AvgIpc) is 3.14. The van der Waals surface area contributed by atoms with Crippen LogP contribution in [0.15, 0.2) is 24.3 Å². The summed E-state index contributed by atoms with van der Waals surface area (Å²) < 4.78 is 10.9. The lowest BCUT2D eigenvalue weighted by molar-refractivity contribution is -0.871. The Kier molecular flexibility index (Phi) is 39.3. The predicted molar refractivity (Wildman–Crippen MR) is 221 cm³/mol. The number of nitrogens with zero attached hydrogens (tertiary/aromatic N) is 1. The minimum atomic E-state index is -0.232. The van der Waals surface area contributed by atoms with Crippen LogP contribution >= 0.6 is 0 Å². The third kappa shape index (κ3) is 37.9. The molecule has 2 N–H and O–H groups in total. The minimum Gasteiger partial charge on any atom is -0.464 e. The first kappa shape index (κ1) is 50.8. The van der Waals surface area contributed by atoms with Gasteiger partial charge in [0.2, 0.25) is 0 Å². The molecule has 0 fully saturated rings. The number of carbonyl (C=O) groups is 3. The van der Waals surface area contributed by atoms with Crippen molar-refractivity contribution in [3.63, 3.8) is 0 Å². The largest absolute Gasteiger partial charge is 0.464 e. The lowest BCUT2D eigenvalue weighted by atomic mass is 10.1. The maximum Gasteiger partial charge on any atom is 0.305 e. The van der Waals surface area contributed by atoms with Crippen LogP contribution in [-0.4, -0.2) is 80.9 Å². The Morgan fingerprint density at radius 1 is 0.528 bits per heavy atom. The number of carbonyl (C=O) groups excluding carboxylic acids is 3. The van der Waals surface area contributed by atoms with Crippen LogP contribution in [0.2, 0.25) is 0 Å². The number of esters is 2. The number of unbranched alkanes of at least 4 members (excludes halogenated alkanes) is 22. The second-order valence-electron chi connectivity index (χ2n) is 15.1. The van der Waals surface area contributed by atoms with E-state index in [1.807, 2.05) is 7.05 Å². The number of aliphatic hydroxyl groups is 1. The molecular formula is C45H85N2O6+. The zero-order chi connectivity index (χ0) is 38.9. The second kappa shape index (κ2) is 41.0. The summed E-state index contributed by atoms with van der Waals surface area (Å²) in [5.41, 5.74) is 0. The van der Waals surface area contributed by atoms with Crippen molar-refractivity contribution in [2.45, 2.75) is 194 Å². The van der Waals surface area contributed by atoms with Crippen molar-refractivity contribution in [2.75, 3.05) is 53.0 Å². The van der Waals surface area contributed by atoms with Gasteiger partial charge in [-0.2, -0.15) is 0 Å². The summed E-state index contributed by atoms with van der Waals surface area (Å²) in [6, 6.07) is 0. The first-order valence-corrected chi connectivity index (χ1v) is 22.3. The van der Waals surface area contributed by atoms with Gasteiger partial charge >= 0.3 is 11.9 Å². The SMILES string of the molecule is CCCCCCCC/C=C\CCCCCCCC(=O)OCCN(CCOC(=O)CCCCCCC/C=C\CCCCCCCC)C(=O)C[NH+](C)CCO. The Morgan fingerprint density at radius 3 is 1.23 bits per heavy atom. The predicted octanol–water partition coefficient (Wildman–Crippen LogP) is 9.48. The highest BCUT2D eigenvalue weighted by Crippen LogP contribution is 2.12. The van der Waals surface area contributed by atoms with Crippen molar-refractivity contribution in [2.24, 2.45) is 0 Å². The molecular weight excluding hydrogens is 665 g/mol. The van der Waals surface area contributed by atoms with Gasteiger partial charge < -0.3 is 24.4 Å². The van der Waals surface area contributed by atoms with Gasteiger partial charge in [0.15, 0.2) is 6.54 Å². The molecule has 310 valence electrons. The highest BCUT2D eigenvalue weighted by atomic mass is 16.5. The molecule has 0 aliphatic carbocycles. The molecule has 0 aromatic heterocycles. The molecule has 0 aliphatic heterocycles.